The van der Waals surface area contributed by atoms with Crippen molar-refractivity contribution in [2.45, 2.75) is 18.4 Å². The maximum atomic E-state index is 12.4. The molecular formula is C17H17N3O3S. The number of amides is 2. The van der Waals surface area contributed by atoms with Gasteiger partial charge in [0.15, 0.2) is 0 Å². The lowest BCUT2D eigenvalue weighted by Crippen LogP contribution is -2.24. The Balaban J connectivity index is 1.70. The van der Waals surface area contributed by atoms with E-state index in [1.165, 1.54) is 11.8 Å². The first kappa shape index (κ1) is 16.3. The summed E-state index contributed by atoms with van der Waals surface area (Å²) in [7, 11) is 0. The molecule has 1 aromatic heterocycles. The van der Waals surface area contributed by atoms with Gasteiger partial charge in [0.2, 0.25) is 11.8 Å². The van der Waals surface area contributed by atoms with Gasteiger partial charge >= 0.3 is 0 Å². The second-order valence-electron chi connectivity index (χ2n) is 5.13. The largest absolute Gasteiger partial charge is 0.478 e. The fraction of sp³-hybridized carbons (Fsp3) is 0.235. The zero-order valence-electron chi connectivity index (χ0n) is 13.2. The minimum atomic E-state index is -0.214. The van der Waals surface area contributed by atoms with E-state index in [9.17, 15) is 9.59 Å². The van der Waals surface area contributed by atoms with Gasteiger partial charge in [0.1, 0.15) is 0 Å². The fourth-order valence-corrected chi connectivity index (χ4v) is 3.12. The predicted molar refractivity (Wildman–Crippen MR) is 92.4 cm³/mol. The molecule has 6 nitrogen and oxygen atoms in total. The van der Waals surface area contributed by atoms with Gasteiger partial charge in [-0.05, 0) is 31.2 Å². The van der Waals surface area contributed by atoms with Gasteiger partial charge in [-0.3, -0.25) is 9.59 Å². The summed E-state index contributed by atoms with van der Waals surface area (Å²) in [6, 6.07) is 8.97. The number of nitrogens with zero attached hydrogens (tertiary/aromatic N) is 1. The number of hydrogen-bond acceptors (Lipinski definition) is 5. The first-order valence-electron chi connectivity index (χ1n) is 7.59. The average Bonchev–Trinajstić information content (AvgIpc) is 2.60. The molecular weight excluding hydrogens is 326 g/mol. The van der Waals surface area contributed by atoms with Crippen molar-refractivity contribution in [1.29, 1.82) is 0 Å². The third kappa shape index (κ3) is 3.68. The van der Waals surface area contributed by atoms with Crippen LogP contribution in [0.3, 0.4) is 0 Å². The van der Waals surface area contributed by atoms with Crippen LogP contribution in [0.1, 0.15) is 22.8 Å². The molecule has 2 aromatic rings. The van der Waals surface area contributed by atoms with Crippen LogP contribution in [0.4, 0.5) is 5.69 Å². The molecule has 0 atom stereocenters. The molecule has 0 aliphatic carbocycles. The van der Waals surface area contributed by atoms with E-state index in [0.29, 0.717) is 36.0 Å². The molecule has 0 saturated carbocycles. The summed E-state index contributed by atoms with van der Waals surface area (Å²) in [6.07, 6.45) is 1.65. The number of fused-ring (bicyclic) bond motifs is 1. The van der Waals surface area contributed by atoms with Crippen LogP contribution in [-0.2, 0) is 11.3 Å². The summed E-state index contributed by atoms with van der Waals surface area (Å²) in [6.45, 7) is 2.72. The van der Waals surface area contributed by atoms with Gasteiger partial charge in [0.25, 0.3) is 5.91 Å². The Hall–Kier alpha value is -2.54. The second-order valence-corrected chi connectivity index (χ2v) is 6.15. The summed E-state index contributed by atoms with van der Waals surface area (Å²) < 4.78 is 5.45. The molecule has 0 unspecified atom stereocenters. The molecule has 24 heavy (non-hydrogen) atoms. The number of hydrogen-bond donors (Lipinski definition) is 2. The van der Waals surface area contributed by atoms with Crippen LogP contribution in [0.2, 0.25) is 0 Å². The van der Waals surface area contributed by atoms with Crippen molar-refractivity contribution in [3.8, 4) is 5.88 Å². The monoisotopic (exact) mass is 343 g/mol. The number of anilines is 1. The van der Waals surface area contributed by atoms with Gasteiger partial charge in [-0.1, -0.05) is 6.07 Å². The Kier molecular flexibility index (Phi) is 5.00. The maximum absolute atomic E-state index is 12.4. The van der Waals surface area contributed by atoms with Crippen molar-refractivity contribution in [3.05, 3.63) is 47.7 Å². The molecule has 0 saturated heterocycles. The van der Waals surface area contributed by atoms with Crippen LogP contribution in [0.15, 0.2) is 41.4 Å². The van der Waals surface area contributed by atoms with Crippen LogP contribution >= 0.6 is 11.8 Å². The zero-order chi connectivity index (χ0) is 16.9. The number of rotatable bonds is 5. The quantitative estimate of drug-likeness (QED) is 0.872. The van der Waals surface area contributed by atoms with E-state index in [0.717, 1.165) is 10.5 Å². The minimum Gasteiger partial charge on any atom is -0.478 e. The zero-order valence-corrected chi connectivity index (χ0v) is 14.0. The molecule has 7 heteroatoms. The number of thioether (sulfide) groups is 1. The summed E-state index contributed by atoms with van der Waals surface area (Å²) in [5, 5.41) is 5.64. The Bertz CT molecular complexity index is 779. The Labute approximate surface area is 144 Å². The molecule has 124 valence electrons. The van der Waals surface area contributed by atoms with Gasteiger partial charge in [-0.15, -0.1) is 11.8 Å². The van der Waals surface area contributed by atoms with E-state index in [4.69, 9.17) is 4.74 Å². The maximum Gasteiger partial charge on any atom is 0.251 e. The van der Waals surface area contributed by atoms with E-state index in [1.807, 2.05) is 19.1 Å². The number of carbonyl (C=O) groups excluding carboxylic acids is 2. The summed E-state index contributed by atoms with van der Waals surface area (Å²) in [5.74, 6) is 0.657. The van der Waals surface area contributed by atoms with Crippen molar-refractivity contribution in [2.24, 2.45) is 0 Å². The Morgan fingerprint density at radius 3 is 3.12 bits per heavy atom. The Morgan fingerprint density at radius 1 is 1.42 bits per heavy atom. The van der Waals surface area contributed by atoms with Gasteiger partial charge in [0, 0.05) is 28.8 Å². The SMILES string of the molecule is CCOc1ncccc1CNC(=O)c1ccc2c(c1)NC(=O)CS2. The highest BCUT2D eigenvalue weighted by molar-refractivity contribution is 8.00. The van der Waals surface area contributed by atoms with Crippen molar-refractivity contribution < 1.29 is 14.3 Å². The van der Waals surface area contributed by atoms with E-state index in [1.54, 1.807) is 24.4 Å². The standard InChI is InChI=1S/C17H17N3O3S/c1-2-23-17-12(4-3-7-18-17)9-19-16(22)11-5-6-14-13(8-11)20-15(21)10-24-14/h3-8H,2,9-10H2,1H3,(H,19,22)(H,20,21). The van der Waals surface area contributed by atoms with Gasteiger partial charge < -0.3 is 15.4 Å². The van der Waals surface area contributed by atoms with E-state index >= 15 is 0 Å². The topological polar surface area (TPSA) is 80.3 Å². The third-order valence-corrected chi connectivity index (χ3v) is 4.52. The molecule has 0 radical (unpaired) electrons. The molecule has 0 spiro atoms. The van der Waals surface area contributed by atoms with E-state index in [2.05, 4.69) is 15.6 Å². The minimum absolute atomic E-state index is 0.0539. The lowest BCUT2D eigenvalue weighted by molar-refractivity contribution is -0.113. The normalized spacial score (nSPS) is 13.0. The van der Waals surface area contributed by atoms with Crippen LogP contribution < -0.4 is 15.4 Å². The molecule has 1 aromatic carbocycles. The number of ether oxygens (including phenoxy) is 1. The lowest BCUT2D eigenvalue weighted by atomic mass is 10.1. The second kappa shape index (κ2) is 7.35. The first-order chi connectivity index (χ1) is 11.7. The third-order valence-electron chi connectivity index (χ3n) is 3.45. The molecule has 1 aliphatic rings. The molecule has 0 fully saturated rings. The summed E-state index contributed by atoms with van der Waals surface area (Å²) in [4.78, 5) is 29.0. The summed E-state index contributed by atoms with van der Waals surface area (Å²) >= 11 is 1.47. The molecule has 2 N–H and O–H groups in total. The highest BCUT2D eigenvalue weighted by Gasteiger charge is 2.17. The lowest BCUT2D eigenvalue weighted by Gasteiger charge is -2.17. The number of benzene rings is 1. The van der Waals surface area contributed by atoms with Crippen LogP contribution in [0.25, 0.3) is 0 Å². The van der Waals surface area contributed by atoms with E-state index < -0.39 is 0 Å². The molecule has 0 bridgehead atoms. The van der Waals surface area contributed by atoms with Gasteiger partial charge in [0.05, 0.1) is 18.0 Å². The van der Waals surface area contributed by atoms with Crippen LogP contribution in [-0.4, -0.2) is 29.2 Å². The van der Waals surface area contributed by atoms with Crippen molar-refractivity contribution >= 4 is 29.3 Å². The Morgan fingerprint density at radius 2 is 2.29 bits per heavy atom. The molecule has 2 heterocycles. The number of pyridine rings is 1. The van der Waals surface area contributed by atoms with Crippen molar-refractivity contribution in [3.63, 3.8) is 0 Å². The highest BCUT2D eigenvalue weighted by Crippen LogP contribution is 2.31. The number of carbonyl (C=O) groups is 2. The van der Waals surface area contributed by atoms with Crippen LogP contribution in [0.5, 0.6) is 5.88 Å². The highest BCUT2D eigenvalue weighted by atomic mass is 32.2. The van der Waals surface area contributed by atoms with Crippen molar-refractivity contribution in [1.82, 2.24) is 10.3 Å². The first-order valence-corrected chi connectivity index (χ1v) is 8.57. The van der Waals surface area contributed by atoms with Crippen LogP contribution in [0, 0.1) is 0 Å². The molecule has 2 amide bonds. The average molecular weight is 343 g/mol. The fourth-order valence-electron chi connectivity index (χ4n) is 2.33. The van der Waals surface area contributed by atoms with E-state index in [-0.39, 0.29) is 11.8 Å². The smallest absolute Gasteiger partial charge is 0.251 e. The summed E-state index contributed by atoms with van der Waals surface area (Å²) in [5.41, 5.74) is 1.99. The predicted octanol–water partition coefficient (Wildman–Crippen LogP) is 2.45. The van der Waals surface area contributed by atoms with Gasteiger partial charge in [-0.2, -0.15) is 0 Å². The molecule has 3 rings (SSSR count). The number of nitrogens with one attached hydrogen (secondary N) is 2. The van der Waals surface area contributed by atoms with Gasteiger partial charge in [-0.25, -0.2) is 4.98 Å². The van der Waals surface area contributed by atoms with Crippen molar-refractivity contribution in [2.75, 3.05) is 17.7 Å². The molecule has 1 aliphatic heterocycles. The number of aromatic nitrogens is 1.